The van der Waals surface area contributed by atoms with Crippen LogP contribution in [0.3, 0.4) is 0 Å². The van der Waals surface area contributed by atoms with Gasteiger partial charge in [-0.15, -0.1) is 0 Å². The summed E-state index contributed by atoms with van der Waals surface area (Å²) in [5, 5.41) is 3.53. The Bertz CT molecular complexity index is 1180. The van der Waals surface area contributed by atoms with Crippen LogP contribution in [0.15, 0.2) is 72.8 Å². The van der Waals surface area contributed by atoms with Crippen molar-refractivity contribution in [2.75, 3.05) is 17.1 Å². The molecule has 0 aromatic heterocycles. The van der Waals surface area contributed by atoms with Gasteiger partial charge < -0.3 is 5.32 Å². The van der Waals surface area contributed by atoms with Gasteiger partial charge in [0.2, 0.25) is 15.9 Å². The maximum absolute atomic E-state index is 13.1. The van der Waals surface area contributed by atoms with Crippen LogP contribution in [0, 0.1) is 13.8 Å². The molecule has 162 valence electrons. The quantitative estimate of drug-likeness (QED) is 0.563. The lowest BCUT2D eigenvalue weighted by Crippen LogP contribution is -2.42. The first-order chi connectivity index (χ1) is 14.7. The smallest absolute Gasteiger partial charge is 0.241 e. The summed E-state index contributed by atoms with van der Waals surface area (Å²) in [4.78, 5) is 13.1. The Morgan fingerprint density at radius 2 is 1.61 bits per heavy atom. The zero-order valence-electron chi connectivity index (χ0n) is 17.7. The van der Waals surface area contributed by atoms with E-state index in [0.29, 0.717) is 16.3 Å². The number of carbonyl (C=O) groups is 1. The highest BCUT2D eigenvalue weighted by molar-refractivity contribution is 7.92. The zero-order chi connectivity index (χ0) is 22.6. The molecule has 0 saturated heterocycles. The standard InChI is InChI=1S/C24H25ClN2O3S/c1-17-9-7-8-12-21(17)24(19-10-5-4-6-11-19)26-23(28)16-27(31(3,29)30)22-14-13-20(25)15-18(22)2/h4-15,24H,16H2,1-3H3,(H,26,28)/t24-/m0/s1. The summed E-state index contributed by atoms with van der Waals surface area (Å²) in [6, 6.07) is 21.9. The summed E-state index contributed by atoms with van der Waals surface area (Å²) in [5.74, 6) is -0.406. The van der Waals surface area contributed by atoms with E-state index in [0.717, 1.165) is 27.3 Å². The number of amides is 1. The lowest BCUT2D eigenvalue weighted by molar-refractivity contribution is -0.120. The maximum Gasteiger partial charge on any atom is 0.241 e. The van der Waals surface area contributed by atoms with E-state index < -0.39 is 22.0 Å². The molecule has 3 rings (SSSR count). The molecule has 5 nitrogen and oxygen atoms in total. The maximum atomic E-state index is 13.1. The van der Waals surface area contributed by atoms with Crippen molar-refractivity contribution >= 4 is 33.2 Å². The van der Waals surface area contributed by atoms with Gasteiger partial charge in [0.25, 0.3) is 0 Å². The van der Waals surface area contributed by atoms with Crippen LogP contribution >= 0.6 is 11.6 Å². The molecule has 0 unspecified atom stereocenters. The van der Waals surface area contributed by atoms with Gasteiger partial charge in [0, 0.05) is 5.02 Å². The van der Waals surface area contributed by atoms with Crippen molar-refractivity contribution in [3.8, 4) is 0 Å². The Kier molecular flexibility index (Phi) is 7.03. The van der Waals surface area contributed by atoms with Gasteiger partial charge in [0.1, 0.15) is 6.54 Å². The number of anilines is 1. The van der Waals surface area contributed by atoms with Crippen molar-refractivity contribution in [1.29, 1.82) is 0 Å². The number of halogens is 1. The first kappa shape index (κ1) is 22.8. The number of hydrogen-bond donors (Lipinski definition) is 1. The van der Waals surface area contributed by atoms with E-state index in [9.17, 15) is 13.2 Å². The lowest BCUT2D eigenvalue weighted by Gasteiger charge is -2.26. The predicted molar refractivity (Wildman–Crippen MR) is 126 cm³/mol. The summed E-state index contributed by atoms with van der Waals surface area (Å²) in [6.07, 6.45) is 1.09. The minimum Gasteiger partial charge on any atom is -0.344 e. The van der Waals surface area contributed by atoms with Gasteiger partial charge in [0.15, 0.2) is 0 Å². The van der Waals surface area contributed by atoms with Crippen LogP contribution < -0.4 is 9.62 Å². The van der Waals surface area contributed by atoms with E-state index in [1.807, 2.05) is 61.5 Å². The third-order valence-electron chi connectivity index (χ3n) is 5.05. The lowest BCUT2D eigenvalue weighted by atomic mass is 9.95. The Morgan fingerprint density at radius 3 is 2.23 bits per heavy atom. The van der Waals surface area contributed by atoms with Crippen LogP contribution in [0.2, 0.25) is 5.02 Å². The second-order valence-corrected chi connectivity index (χ2v) is 9.81. The van der Waals surface area contributed by atoms with Crippen molar-refractivity contribution in [3.63, 3.8) is 0 Å². The highest BCUT2D eigenvalue weighted by Crippen LogP contribution is 2.27. The largest absolute Gasteiger partial charge is 0.344 e. The van der Waals surface area contributed by atoms with E-state index in [1.165, 1.54) is 0 Å². The molecule has 0 spiro atoms. The van der Waals surface area contributed by atoms with Gasteiger partial charge in [-0.1, -0.05) is 66.2 Å². The average molecular weight is 457 g/mol. The van der Waals surface area contributed by atoms with Gasteiger partial charge in [0.05, 0.1) is 18.0 Å². The Hall–Kier alpha value is -2.83. The molecule has 3 aromatic rings. The van der Waals surface area contributed by atoms with Crippen LogP contribution in [-0.4, -0.2) is 27.1 Å². The molecule has 0 saturated carbocycles. The summed E-state index contributed by atoms with van der Waals surface area (Å²) in [6.45, 7) is 3.41. The van der Waals surface area contributed by atoms with Gasteiger partial charge in [-0.2, -0.15) is 0 Å². The molecular formula is C24H25ClN2O3S. The van der Waals surface area contributed by atoms with Crippen molar-refractivity contribution < 1.29 is 13.2 Å². The van der Waals surface area contributed by atoms with Gasteiger partial charge >= 0.3 is 0 Å². The number of aryl methyl sites for hydroxylation is 2. The van der Waals surface area contributed by atoms with E-state index in [1.54, 1.807) is 25.1 Å². The average Bonchev–Trinajstić information content (AvgIpc) is 2.71. The van der Waals surface area contributed by atoms with Crippen LogP contribution in [0.1, 0.15) is 28.3 Å². The van der Waals surface area contributed by atoms with Crippen LogP contribution in [0.5, 0.6) is 0 Å². The second-order valence-electron chi connectivity index (χ2n) is 7.47. The molecule has 0 bridgehead atoms. The molecule has 0 fully saturated rings. The monoisotopic (exact) mass is 456 g/mol. The number of nitrogens with zero attached hydrogens (tertiary/aromatic N) is 1. The van der Waals surface area contributed by atoms with Crippen molar-refractivity contribution in [3.05, 3.63) is 100 Å². The Labute approximate surface area is 188 Å². The number of sulfonamides is 1. The highest BCUT2D eigenvalue weighted by Gasteiger charge is 2.25. The number of benzene rings is 3. The van der Waals surface area contributed by atoms with E-state index in [4.69, 9.17) is 11.6 Å². The topological polar surface area (TPSA) is 66.5 Å². The van der Waals surface area contributed by atoms with Crippen LogP contribution in [0.25, 0.3) is 0 Å². The van der Waals surface area contributed by atoms with Gasteiger partial charge in [-0.05, 0) is 54.3 Å². The summed E-state index contributed by atoms with van der Waals surface area (Å²) in [5.41, 5.74) is 4.00. The third-order valence-corrected chi connectivity index (χ3v) is 6.41. The molecule has 0 aliphatic carbocycles. The molecule has 0 radical (unpaired) electrons. The molecule has 31 heavy (non-hydrogen) atoms. The van der Waals surface area contributed by atoms with E-state index >= 15 is 0 Å². The van der Waals surface area contributed by atoms with Crippen molar-refractivity contribution in [2.45, 2.75) is 19.9 Å². The molecule has 7 heteroatoms. The van der Waals surface area contributed by atoms with Crippen molar-refractivity contribution in [2.24, 2.45) is 0 Å². The molecule has 1 amide bonds. The fourth-order valence-electron chi connectivity index (χ4n) is 3.51. The fourth-order valence-corrected chi connectivity index (χ4v) is 4.65. The summed E-state index contributed by atoms with van der Waals surface area (Å²) < 4.78 is 26.1. The molecule has 1 atom stereocenters. The minimum atomic E-state index is -3.69. The predicted octanol–water partition coefficient (Wildman–Crippen LogP) is 4.63. The van der Waals surface area contributed by atoms with Gasteiger partial charge in [-0.3, -0.25) is 9.10 Å². The van der Waals surface area contributed by atoms with E-state index in [2.05, 4.69) is 5.32 Å². The fraction of sp³-hybridized carbons (Fsp3) is 0.208. The molecule has 3 aromatic carbocycles. The Morgan fingerprint density at radius 1 is 0.968 bits per heavy atom. The third kappa shape index (κ3) is 5.66. The van der Waals surface area contributed by atoms with Crippen molar-refractivity contribution in [1.82, 2.24) is 5.32 Å². The molecule has 0 aliphatic heterocycles. The zero-order valence-corrected chi connectivity index (χ0v) is 19.2. The molecule has 0 aliphatic rings. The molecule has 1 N–H and O–H groups in total. The van der Waals surface area contributed by atoms with Crippen LogP contribution in [-0.2, 0) is 14.8 Å². The normalized spacial score (nSPS) is 12.3. The summed E-state index contributed by atoms with van der Waals surface area (Å²) in [7, 11) is -3.69. The first-order valence-corrected chi connectivity index (χ1v) is 12.0. The second kappa shape index (κ2) is 9.54. The molecular weight excluding hydrogens is 432 g/mol. The summed E-state index contributed by atoms with van der Waals surface area (Å²) >= 11 is 6.01. The number of nitrogens with one attached hydrogen (secondary N) is 1. The number of carbonyl (C=O) groups excluding carboxylic acids is 1. The van der Waals surface area contributed by atoms with E-state index in [-0.39, 0.29) is 6.54 Å². The molecule has 0 heterocycles. The first-order valence-electron chi connectivity index (χ1n) is 9.80. The Balaban J connectivity index is 1.93. The highest BCUT2D eigenvalue weighted by atomic mass is 35.5. The van der Waals surface area contributed by atoms with Gasteiger partial charge in [-0.25, -0.2) is 8.42 Å². The number of hydrogen-bond acceptors (Lipinski definition) is 3. The number of rotatable bonds is 7. The van der Waals surface area contributed by atoms with Crippen LogP contribution in [0.4, 0.5) is 5.69 Å². The minimum absolute atomic E-state index is 0.337. The SMILES string of the molecule is Cc1ccccc1[C@@H](NC(=O)CN(c1ccc(Cl)cc1C)S(C)(=O)=O)c1ccccc1.